The van der Waals surface area contributed by atoms with Crippen molar-refractivity contribution in [2.24, 2.45) is 0 Å². The highest BCUT2D eigenvalue weighted by Gasteiger charge is 2.72. The third-order valence-electron chi connectivity index (χ3n) is 3.78. The molecule has 0 rings (SSSR count). The van der Waals surface area contributed by atoms with Gasteiger partial charge in [0.05, 0.1) is 0 Å². The molecule has 136 valence electrons. The summed E-state index contributed by atoms with van der Waals surface area (Å²) in [4.78, 5) is 57.4. The molecule has 10 heteroatoms. The molecule has 0 aromatic rings. The molecule has 0 spiro atoms. The Morgan fingerprint density at radius 2 is 1.42 bits per heavy atom. The molecular weight excluding hydrogens is 328 g/mol. The Balaban J connectivity index is 6.54. The first-order valence-corrected chi connectivity index (χ1v) is 6.71. The van der Waals surface area contributed by atoms with Crippen LogP contribution in [-0.4, -0.2) is 79.5 Å². The van der Waals surface area contributed by atoms with E-state index in [0.717, 1.165) is 6.92 Å². The van der Waals surface area contributed by atoms with E-state index in [1.54, 1.807) is 0 Å². The second-order valence-electron chi connectivity index (χ2n) is 5.35. The van der Waals surface area contributed by atoms with Crippen LogP contribution in [-0.2, 0) is 28.7 Å². The largest absolute Gasteiger partial charge is 0.463 e. The Kier molecular flexibility index (Phi) is 6.65. The van der Waals surface area contributed by atoms with Crippen LogP contribution in [0.15, 0.2) is 0 Å². The van der Waals surface area contributed by atoms with Gasteiger partial charge in [0.2, 0.25) is 11.2 Å². The maximum Gasteiger partial charge on any atom is 0.302 e. The zero-order valence-electron chi connectivity index (χ0n) is 13.6. The molecule has 0 bridgehead atoms. The smallest absolute Gasteiger partial charge is 0.302 e. The fourth-order valence-electron chi connectivity index (χ4n) is 2.30. The van der Waals surface area contributed by atoms with Gasteiger partial charge in [-0.25, -0.2) is 0 Å². The quantitative estimate of drug-likeness (QED) is 0.192. The lowest BCUT2D eigenvalue weighted by molar-refractivity contribution is -0.244. The summed E-state index contributed by atoms with van der Waals surface area (Å²) in [6.45, 7) is 1.73. The van der Waals surface area contributed by atoms with Gasteiger partial charge in [0.1, 0.15) is 12.7 Å². The third kappa shape index (κ3) is 3.13. The van der Waals surface area contributed by atoms with Crippen LogP contribution in [0.2, 0.25) is 0 Å². The maximum absolute atomic E-state index is 11.9. The highest BCUT2D eigenvalue weighted by Crippen LogP contribution is 2.37. The first-order valence-electron chi connectivity index (χ1n) is 6.71. The summed E-state index contributed by atoms with van der Waals surface area (Å²) in [6, 6.07) is 0. The second kappa shape index (κ2) is 7.26. The molecule has 0 heterocycles. The van der Waals surface area contributed by atoms with E-state index in [1.807, 2.05) is 0 Å². The van der Waals surface area contributed by atoms with Crippen LogP contribution < -0.4 is 0 Å². The molecule has 0 aromatic heterocycles. The molecule has 0 amide bonds. The van der Waals surface area contributed by atoms with Crippen LogP contribution in [0.5, 0.6) is 0 Å². The lowest BCUT2D eigenvalue weighted by Gasteiger charge is -2.47. The van der Waals surface area contributed by atoms with Crippen molar-refractivity contribution in [2.75, 3.05) is 6.61 Å². The van der Waals surface area contributed by atoms with Crippen LogP contribution in [0.25, 0.3) is 0 Å². The molecule has 0 aromatic carbocycles. The lowest BCUT2D eigenvalue weighted by atomic mass is 9.63. The summed E-state index contributed by atoms with van der Waals surface area (Å²) >= 11 is 0. The van der Waals surface area contributed by atoms with Gasteiger partial charge in [-0.2, -0.15) is 0 Å². The highest BCUT2D eigenvalue weighted by atomic mass is 16.5. The zero-order valence-corrected chi connectivity index (χ0v) is 13.6. The van der Waals surface area contributed by atoms with E-state index in [1.165, 1.54) is 0 Å². The van der Waals surface area contributed by atoms with Crippen molar-refractivity contribution in [3.05, 3.63) is 0 Å². The number of Topliss-reactive ketones (excluding diaryl/α,β-unsaturated/α-hetero) is 3. The van der Waals surface area contributed by atoms with E-state index in [9.17, 15) is 44.4 Å². The number of rotatable bonds is 9. The SMILES string of the molecule is CC(=O)OC[C@@H](O)C(O)(C(C)=O)C(O)(C(C)=O)C(O)(C=O)C(C)=O. The van der Waals surface area contributed by atoms with Gasteiger partial charge in [0.25, 0.3) is 0 Å². The van der Waals surface area contributed by atoms with Crippen molar-refractivity contribution in [2.45, 2.75) is 50.6 Å². The normalized spacial score (nSPS) is 19.8. The van der Waals surface area contributed by atoms with Gasteiger partial charge < -0.3 is 25.2 Å². The molecule has 0 aliphatic rings. The topological polar surface area (TPSA) is 176 Å². The molecule has 3 unspecified atom stereocenters. The van der Waals surface area contributed by atoms with Gasteiger partial charge in [-0.1, -0.05) is 0 Å². The number of aldehydes is 1. The van der Waals surface area contributed by atoms with Crippen LogP contribution in [0.1, 0.15) is 27.7 Å². The molecule has 0 aliphatic heterocycles. The Hall–Kier alpha value is -2.01. The van der Waals surface area contributed by atoms with Gasteiger partial charge in [-0.05, 0) is 20.8 Å². The van der Waals surface area contributed by atoms with Crippen LogP contribution in [0, 0.1) is 0 Å². The Bertz CT molecular complexity index is 570. The monoisotopic (exact) mass is 348 g/mol. The maximum atomic E-state index is 11.9. The molecule has 0 saturated heterocycles. The molecule has 10 nitrogen and oxygen atoms in total. The average molecular weight is 348 g/mol. The number of ketones is 3. The van der Waals surface area contributed by atoms with Crippen molar-refractivity contribution < 1.29 is 49.1 Å². The molecule has 0 saturated carbocycles. The molecule has 0 radical (unpaired) electrons. The molecule has 24 heavy (non-hydrogen) atoms. The van der Waals surface area contributed by atoms with Gasteiger partial charge >= 0.3 is 5.97 Å². The Labute approximate surface area is 137 Å². The summed E-state index contributed by atoms with van der Waals surface area (Å²) in [5.41, 5.74) is -10.8. The van der Waals surface area contributed by atoms with Crippen molar-refractivity contribution in [1.29, 1.82) is 0 Å². The number of carbonyl (C=O) groups excluding carboxylic acids is 5. The molecule has 4 N–H and O–H groups in total. The van der Waals surface area contributed by atoms with Gasteiger partial charge in [-0.3, -0.25) is 24.0 Å². The van der Waals surface area contributed by atoms with Gasteiger partial charge in [-0.15, -0.1) is 0 Å². The fraction of sp³-hybridized carbons (Fsp3) is 0.643. The standard InChI is InChI=1S/C14H20O10/c1-7(16)12(21,6-15)14(23,9(3)18)13(22,8(2)17)11(20)5-24-10(4)19/h6,11,20-23H,5H2,1-4H3/t11-,12?,13?,14?/m1/s1. The Morgan fingerprint density at radius 1 is 0.958 bits per heavy atom. The molecular formula is C14H20O10. The van der Waals surface area contributed by atoms with Crippen LogP contribution >= 0.6 is 0 Å². The summed E-state index contributed by atoms with van der Waals surface area (Å²) < 4.78 is 4.40. The van der Waals surface area contributed by atoms with Crippen molar-refractivity contribution >= 4 is 29.6 Å². The summed E-state index contributed by atoms with van der Waals surface area (Å²) in [6.07, 6.45) is -2.96. The number of hydrogen-bond acceptors (Lipinski definition) is 10. The van der Waals surface area contributed by atoms with E-state index < -0.39 is 59.1 Å². The minimum atomic E-state index is -3.72. The molecule has 0 fully saturated rings. The summed E-state index contributed by atoms with van der Waals surface area (Å²) in [7, 11) is 0. The number of esters is 1. The Morgan fingerprint density at radius 3 is 1.67 bits per heavy atom. The molecule has 4 atom stereocenters. The average Bonchev–Trinajstić information content (AvgIpc) is 2.48. The van der Waals surface area contributed by atoms with E-state index >= 15 is 0 Å². The summed E-state index contributed by atoms with van der Waals surface area (Å²) in [5, 5.41) is 41.3. The van der Waals surface area contributed by atoms with Crippen molar-refractivity contribution in [1.82, 2.24) is 0 Å². The number of hydrogen-bond donors (Lipinski definition) is 4. The van der Waals surface area contributed by atoms with Crippen molar-refractivity contribution in [3.8, 4) is 0 Å². The second-order valence-corrected chi connectivity index (χ2v) is 5.35. The summed E-state index contributed by atoms with van der Waals surface area (Å²) in [5.74, 6) is -5.40. The van der Waals surface area contributed by atoms with Crippen molar-refractivity contribution in [3.63, 3.8) is 0 Å². The molecule has 0 aliphatic carbocycles. The fourth-order valence-corrected chi connectivity index (χ4v) is 2.30. The predicted molar refractivity (Wildman–Crippen MR) is 75.6 cm³/mol. The number of aliphatic hydroxyl groups is 4. The van der Waals surface area contributed by atoms with Gasteiger partial charge in [0, 0.05) is 6.92 Å². The minimum absolute atomic E-state index is 0.525. The van der Waals surface area contributed by atoms with Crippen LogP contribution in [0.4, 0.5) is 0 Å². The van der Waals surface area contributed by atoms with E-state index in [-0.39, 0.29) is 0 Å². The number of aliphatic hydroxyl groups excluding tert-OH is 1. The predicted octanol–water partition coefficient (Wildman–Crippen LogP) is -2.93. The lowest BCUT2D eigenvalue weighted by Crippen LogP contribution is -2.80. The van der Waals surface area contributed by atoms with E-state index in [0.29, 0.717) is 20.8 Å². The van der Waals surface area contributed by atoms with Gasteiger partial charge in [0.15, 0.2) is 29.2 Å². The highest BCUT2D eigenvalue weighted by molar-refractivity contribution is 6.12. The van der Waals surface area contributed by atoms with E-state index in [4.69, 9.17) is 0 Å². The first kappa shape index (κ1) is 22.0. The minimum Gasteiger partial charge on any atom is -0.463 e. The first-order chi connectivity index (χ1) is 10.7. The number of carbonyl (C=O) groups is 5. The third-order valence-corrected chi connectivity index (χ3v) is 3.78. The zero-order chi connectivity index (χ0) is 19.5. The van der Waals surface area contributed by atoms with E-state index in [2.05, 4.69) is 4.74 Å². The number of ether oxygens (including phenoxy) is 1. The van der Waals surface area contributed by atoms with Crippen LogP contribution in [0.3, 0.4) is 0 Å².